The number of hydrogen-bond acceptors (Lipinski definition) is 3. The number of nitrogens with one attached hydrogen (secondary N) is 1. The molecule has 2 heterocycles. The van der Waals surface area contributed by atoms with E-state index in [9.17, 15) is 0 Å². The molecule has 0 radical (unpaired) electrons. The van der Waals surface area contributed by atoms with Crippen LogP contribution in [0.15, 0.2) is 0 Å². The van der Waals surface area contributed by atoms with Crippen LogP contribution in [0.25, 0.3) is 0 Å². The lowest BCUT2D eigenvalue weighted by Gasteiger charge is -2.32. The Labute approximate surface area is 99.5 Å². The number of hydrogen-bond donors (Lipinski definition) is 1. The lowest BCUT2D eigenvalue weighted by molar-refractivity contribution is -0.00416. The molecule has 0 aliphatic carbocycles. The predicted molar refractivity (Wildman–Crippen MR) is 66.6 cm³/mol. The summed E-state index contributed by atoms with van der Waals surface area (Å²) in [6, 6.07) is 0.639. The van der Waals surface area contributed by atoms with Crippen LogP contribution in [0.3, 0.4) is 0 Å². The summed E-state index contributed by atoms with van der Waals surface area (Å²) in [5.74, 6) is 1.79. The van der Waals surface area contributed by atoms with Gasteiger partial charge in [0.25, 0.3) is 0 Å². The highest BCUT2D eigenvalue weighted by atomic mass is 16.5. The molecule has 3 nitrogen and oxygen atoms in total. The Balaban J connectivity index is 1.85. The first-order chi connectivity index (χ1) is 7.52. The van der Waals surface area contributed by atoms with Gasteiger partial charge in [0.15, 0.2) is 0 Å². The van der Waals surface area contributed by atoms with Crippen LogP contribution in [0.2, 0.25) is 0 Å². The van der Waals surface area contributed by atoms with Crippen molar-refractivity contribution >= 4 is 0 Å². The minimum absolute atomic E-state index is 0.00929. The summed E-state index contributed by atoms with van der Waals surface area (Å²) < 4.78 is 5.52. The van der Waals surface area contributed by atoms with Gasteiger partial charge in [-0.1, -0.05) is 0 Å². The van der Waals surface area contributed by atoms with Gasteiger partial charge in [-0.25, -0.2) is 0 Å². The summed E-state index contributed by atoms with van der Waals surface area (Å²) in [6.07, 6.45) is 1.12. The van der Waals surface area contributed by atoms with E-state index in [4.69, 9.17) is 4.74 Å². The Morgan fingerprint density at radius 1 is 1.31 bits per heavy atom. The largest absolute Gasteiger partial charge is 0.379 e. The summed E-state index contributed by atoms with van der Waals surface area (Å²) in [5, 5.41) is 3.49. The Hall–Kier alpha value is -0.120. The second kappa shape index (κ2) is 4.63. The van der Waals surface area contributed by atoms with Crippen LogP contribution in [0.4, 0.5) is 0 Å². The molecule has 0 aromatic rings. The molecule has 2 rings (SSSR count). The summed E-state index contributed by atoms with van der Waals surface area (Å²) >= 11 is 0. The van der Waals surface area contributed by atoms with Crippen molar-refractivity contribution in [2.24, 2.45) is 11.8 Å². The van der Waals surface area contributed by atoms with Gasteiger partial charge in [0.05, 0.1) is 5.60 Å². The third kappa shape index (κ3) is 2.58. The third-order valence-electron chi connectivity index (χ3n) is 4.38. The molecule has 0 aromatic carbocycles. The van der Waals surface area contributed by atoms with Gasteiger partial charge in [0.2, 0.25) is 0 Å². The lowest BCUT2D eigenvalue weighted by Crippen LogP contribution is -2.39. The molecule has 2 saturated heterocycles. The number of nitrogens with zero attached hydrogens (tertiary/aromatic N) is 1. The number of rotatable bonds is 4. The number of likely N-dealkylation sites (tertiary alicyclic amines) is 1. The monoisotopic (exact) mass is 226 g/mol. The van der Waals surface area contributed by atoms with Crippen LogP contribution in [-0.2, 0) is 4.74 Å². The van der Waals surface area contributed by atoms with E-state index in [1.807, 2.05) is 7.11 Å². The molecular formula is C13H26N2O. The minimum atomic E-state index is 0.00929. The van der Waals surface area contributed by atoms with Gasteiger partial charge in [0.1, 0.15) is 0 Å². The quantitative estimate of drug-likeness (QED) is 0.783. The van der Waals surface area contributed by atoms with Gasteiger partial charge in [0, 0.05) is 26.2 Å². The van der Waals surface area contributed by atoms with E-state index >= 15 is 0 Å². The van der Waals surface area contributed by atoms with Crippen molar-refractivity contribution in [3.05, 3.63) is 0 Å². The summed E-state index contributed by atoms with van der Waals surface area (Å²) in [6.45, 7) is 11.7. The molecule has 0 spiro atoms. The molecule has 0 amide bonds. The second-order valence-corrected chi connectivity index (χ2v) is 6.15. The van der Waals surface area contributed by atoms with Gasteiger partial charge >= 0.3 is 0 Å². The Kier molecular flexibility index (Phi) is 3.57. The number of fused-ring (bicyclic) bond motifs is 1. The smallest absolute Gasteiger partial charge is 0.0637 e. The molecule has 16 heavy (non-hydrogen) atoms. The standard InChI is InChI=1S/C13H26N2O/c1-10(5-13(2,3)16-4)15-8-11-6-14-7-12(11)9-15/h10-12,14H,5-9H2,1-4H3. The van der Waals surface area contributed by atoms with E-state index in [0.717, 1.165) is 18.3 Å². The summed E-state index contributed by atoms with van der Waals surface area (Å²) in [5.41, 5.74) is 0.00929. The molecule has 3 unspecified atom stereocenters. The van der Waals surface area contributed by atoms with Crippen LogP contribution in [-0.4, -0.2) is 49.8 Å². The molecule has 1 N–H and O–H groups in total. The topological polar surface area (TPSA) is 24.5 Å². The molecule has 3 atom stereocenters. The minimum Gasteiger partial charge on any atom is -0.379 e. The maximum absolute atomic E-state index is 5.52. The van der Waals surface area contributed by atoms with Crippen LogP contribution >= 0.6 is 0 Å². The summed E-state index contributed by atoms with van der Waals surface area (Å²) in [7, 11) is 1.81. The van der Waals surface area contributed by atoms with Crippen LogP contribution in [0.1, 0.15) is 27.2 Å². The number of methoxy groups -OCH3 is 1. The Morgan fingerprint density at radius 3 is 2.38 bits per heavy atom. The van der Waals surface area contributed by atoms with Gasteiger partial charge in [-0.3, -0.25) is 4.90 Å². The SMILES string of the molecule is COC(C)(C)CC(C)N1CC2CNCC2C1. The first-order valence-corrected chi connectivity index (χ1v) is 6.52. The molecule has 0 saturated carbocycles. The molecule has 0 bridgehead atoms. The van der Waals surface area contributed by atoms with Gasteiger partial charge in [-0.2, -0.15) is 0 Å². The van der Waals surface area contributed by atoms with Gasteiger partial charge < -0.3 is 10.1 Å². The normalized spacial score (nSPS) is 33.0. The van der Waals surface area contributed by atoms with E-state index in [1.165, 1.54) is 26.2 Å². The molecule has 0 aromatic heterocycles. The van der Waals surface area contributed by atoms with Crippen LogP contribution in [0, 0.1) is 11.8 Å². The molecule has 3 heteroatoms. The first-order valence-electron chi connectivity index (χ1n) is 6.52. The van der Waals surface area contributed by atoms with Gasteiger partial charge in [-0.05, 0) is 52.1 Å². The van der Waals surface area contributed by atoms with E-state index in [0.29, 0.717) is 6.04 Å². The van der Waals surface area contributed by atoms with Gasteiger partial charge in [-0.15, -0.1) is 0 Å². The fourth-order valence-electron chi connectivity index (χ4n) is 3.18. The van der Waals surface area contributed by atoms with E-state index < -0.39 is 0 Å². The van der Waals surface area contributed by atoms with Crippen molar-refractivity contribution in [3.63, 3.8) is 0 Å². The Bertz CT molecular complexity index is 230. The van der Waals surface area contributed by atoms with Crippen LogP contribution < -0.4 is 5.32 Å². The molecule has 2 fully saturated rings. The molecule has 2 aliphatic rings. The summed E-state index contributed by atoms with van der Waals surface area (Å²) in [4.78, 5) is 2.65. The fourth-order valence-corrected chi connectivity index (χ4v) is 3.18. The average molecular weight is 226 g/mol. The highest BCUT2D eigenvalue weighted by molar-refractivity contribution is 4.93. The first kappa shape index (κ1) is 12.3. The second-order valence-electron chi connectivity index (χ2n) is 6.15. The number of ether oxygens (including phenoxy) is 1. The zero-order chi connectivity index (χ0) is 11.8. The third-order valence-corrected chi connectivity index (χ3v) is 4.38. The molecule has 2 aliphatic heterocycles. The van der Waals surface area contributed by atoms with E-state index in [2.05, 4.69) is 31.0 Å². The van der Waals surface area contributed by atoms with Crippen molar-refractivity contribution in [3.8, 4) is 0 Å². The Morgan fingerprint density at radius 2 is 1.88 bits per heavy atom. The zero-order valence-electron chi connectivity index (χ0n) is 11.1. The van der Waals surface area contributed by atoms with Crippen molar-refractivity contribution in [2.45, 2.75) is 38.8 Å². The molecular weight excluding hydrogens is 200 g/mol. The van der Waals surface area contributed by atoms with Crippen molar-refractivity contribution in [1.29, 1.82) is 0 Å². The van der Waals surface area contributed by atoms with Crippen molar-refractivity contribution in [2.75, 3.05) is 33.3 Å². The van der Waals surface area contributed by atoms with E-state index in [-0.39, 0.29) is 5.60 Å². The van der Waals surface area contributed by atoms with Crippen LogP contribution in [0.5, 0.6) is 0 Å². The average Bonchev–Trinajstić information content (AvgIpc) is 2.75. The zero-order valence-corrected chi connectivity index (χ0v) is 11.1. The van der Waals surface area contributed by atoms with E-state index in [1.54, 1.807) is 0 Å². The fraction of sp³-hybridized carbons (Fsp3) is 1.00. The highest BCUT2D eigenvalue weighted by Gasteiger charge is 2.38. The highest BCUT2D eigenvalue weighted by Crippen LogP contribution is 2.30. The lowest BCUT2D eigenvalue weighted by atomic mass is 9.99. The van der Waals surface area contributed by atoms with Crippen molar-refractivity contribution < 1.29 is 4.74 Å². The predicted octanol–water partition coefficient (Wildman–Crippen LogP) is 1.34. The maximum Gasteiger partial charge on any atom is 0.0637 e. The molecule has 94 valence electrons. The maximum atomic E-state index is 5.52. The van der Waals surface area contributed by atoms with Crippen molar-refractivity contribution in [1.82, 2.24) is 10.2 Å².